The molecule has 2 aliphatic rings. The van der Waals surface area contributed by atoms with Crippen molar-refractivity contribution >= 4 is 5.69 Å². The molecule has 2 fully saturated rings. The summed E-state index contributed by atoms with van der Waals surface area (Å²) in [5.74, 6) is 0.731. The summed E-state index contributed by atoms with van der Waals surface area (Å²) in [6.45, 7) is 6.60. The predicted octanol–water partition coefficient (Wildman–Crippen LogP) is 3.50. The van der Waals surface area contributed by atoms with Gasteiger partial charge in [0.05, 0.1) is 12.2 Å². The molecule has 3 nitrogen and oxygen atoms in total. The van der Waals surface area contributed by atoms with E-state index in [9.17, 15) is 0 Å². The maximum atomic E-state index is 5.88. The van der Waals surface area contributed by atoms with Crippen LogP contribution in [0.25, 0.3) is 0 Å². The molecule has 1 aliphatic carbocycles. The highest BCUT2D eigenvalue weighted by molar-refractivity contribution is 5.46. The minimum atomic E-state index is 0.377. The molecule has 0 N–H and O–H groups in total. The molecule has 0 radical (unpaired) electrons. The van der Waals surface area contributed by atoms with E-state index in [0.717, 1.165) is 25.0 Å². The molecular formula is C19H30N2O. The van der Waals surface area contributed by atoms with Gasteiger partial charge in [0.25, 0.3) is 0 Å². The molecule has 0 spiro atoms. The van der Waals surface area contributed by atoms with Crippen molar-refractivity contribution in [3.8, 4) is 0 Å². The molecule has 4 atom stereocenters. The summed E-state index contributed by atoms with van der Waals surface area (Å²) < 4.78 is 5.88. The lowest BCUT2D eigenvalue weighted by atomic mass is 9.97. The molecule has 1 aliphatic heterocycles. The largest absolute Gasteiger partial charge is 0.378 e. The minimum Gasteiger partial charge on any atom is -0.378 e. The van der Waals surface area contributed by atoms with Crippen LogP contribution in [-0.4, -0.2) is 50.3 Å². The first-order valence-electron chi connectivity index (χ1n) is 8.69. The van der Waals surface area contributed by atoms with Gasteiger partial charge in [0.2, 0.25) is 0 Å². The summed E-state index contributed by atoms with van der Waals surface area (Å²) in [4.78, 5) is 4.84. The summed E-state index contributed by atoms with van der Waals surface area (Å²) in [5.41, 5.74) is 2.80. The fourth-order valence-electron chi connectivity index (χ4n) is 4.15. The molecule has 1 saturated heterocycles. The maximum absolute atomic E-state index is 5.88. The third-order valence-electron chi connectivity index (χ3n) is 5.25. The van der Waals surface area contributed by atoms with Crippen molar-refractivity contribution in [3.63, 3.8) is 0 Å². The smallest absolute Gasteiger partial charge is 0.0678 e. The molecule has 1 saturated carbocycles. The van der Waals surface area contributed by atoms with Crippen molar-refractivity contribution in [1.29, 1.82) is 0 Å². The van der Waals surface area contributed by atoms with E-state index in [1.165, 1.54) is 30.5 Å². The highest BCUT2D eigenvalue weighted by Gasteiger charge is 2.33. The summed E-state index contributed by atoms with van der Waals surface area (Å²) in [5, 5.41) is 0. The van der Waals surface area contributed by atoms with Gasteiger partial charge in [-0.15, -0.1) is 0 Å². The third kappa shape index (κ3) is 3.47. The summed E-state index contributed by atoms with van der Waals surface area (Å²) >= 11 is 0. The Hall–Kier alpha value is -1.06. The number of rotatable bonds is 3. The molecular weight excluding hydrogens is 272 g/mol. The van der Waals surface area contributed by atoms with Crippen LogP contribution in [0.5, 0.6) is 0 Å². The average Bonchev–Trinajstić information content (AvgIpc) is 2.96. The molecule has 0 aromatic heterocycles. The van der Waals surface area contributed by atoms with Gasteiger partial charge in [-0.3, -0.25) is 4.90 Å². The summed E-state index contributed by atoms with van der Waals surface area (Å²) in [6.07, 6.45) is 4.72. The van der Waals surface area contributed by atoms with E-state index in [2.05, 4.69) is 62.0 Å². The van der Waals surface area contributed by atoms with Crippen molar-refractivity contribution in [2.45, 2.75) is 57.3 Å². The Morgan fingerprint density at radius 1 is 1.00 bits per heavy atom. The zero-order valence-electron chi connectivity index (χ0n) is 14.5. The van der Waals surface area contributed by atoms with Crippen molar-refractivity contribution in [3.05, 3.63) is 29.8 Å². The molecule has 22 heavy (non-hydrogen) atoms. The Morgan fingerprint density at radius 2 is 1.64 bits per heavy atom. The lowest BCUT2D eigenvalue weighted by Crippen LogP contribution is -2.49. The molecule has 1 aromatic rings. The zero-order valence-corrected chi connectivity index (χ0v) is 14.5. The molecule has 0 unspecified atom stereocenters. The van der Waals surface area contributed by atoms with E-state index < -0.39 is 0 Å². The Kier molecular flexibility index (Phi) is 4.74. The van der Waals surface area contributed by atoms with Crippen LogP contribution in [0.4, 0.5) is 5.69 Å². The fourth-order valence-corrected chi connectivity index (χ4v) is 4.15. The van der Waals surface area contributed by atoms with Crippen LogP contribution in [0.15, 0.2) is 24.3 Å². The van der Waals surface area contributed by atoms with Crippen molar-refractivity contribution in [1.82, 2.24) is 4.90 Å². The van der Waals surface area contributed by atoms with Gasteiger partial charge in [0.15, 0.2) is 0 Å². The Labute approximate surface area is 135 Å². The normalized spacial score (nSPS) is 33.1. The quantitative estimate of drug-likeness (QED) is 0.850. The fraction of sp³-hybridized carbons (Fsp3) is 0.684. The van der Waals surface area contributed by atoms with Gasteiger partial charge in [-0.25, -0.2) is 0 Å². The lowest BCUT2D eigenvalue weighted by molar-refractivity contribution is -0.0796. The van der Waals surface area contributed by atoms with E-state index >= 15 is 0 Å². The monoisotopic (exact) mass is 302 g/mol. The van der Waals surface area contributed by atoms with Gasteiger partial charge >= 0.3 is 0 Å². The second-order valence-electron chi connectivity index (χ2n) is 7.36. The SMILES string of the molecule is C[C@@H]1CN([C@@H]2CC[C@@H](c3ccc(N(C)C)cc3)C2)C[C@H](C)O1. The van der Waals surface area contributed by atoms with Crippen LogP contribution in [0.1, 0.15) is 44.6 Å². The standard InChI is InChI=1S/C19H30N2O/c1-14-12-21(13-15(2)22-14)19-10-7-17(11-19)16-5-8-18(9-6-16)20(3)4/h5-6,8-9,14-15,17,19H,7,10-13H2,1-4H3/t14-,15+,17-,19-/m1/s1. The highest BCUT2D eigenvalue weighted by Crippen LogP contribution is 2.38. The molecule has 3 heteroatoms. The zero-order chi connectivity index (χ0) is 15.7. The van der Waals surface area contributed by atoms with E-state index in [4.69, 9.17) is 4.74 Å². The van der Waals surface area contributed by atoms with Crippen molar-refractivity contribution < 1.29 is 4.74 Å². The number of hydrogen-bond donors (Lipinski definition) is 0. The van der Waals surface area contributed by atoms with E-state index in [1.54, 1.807) is 0 Å². The highest BCUT2D eigenvalue weighted by atomic mass is 16.5. The van der Waals surface area contributed by atoms with Crippen LogP contribution in [0.3, 0.4) is 0 Å². The number of hydrogen-bond acceptors (Lipinski definition) is 3. The Morgan fingerprint density at radius 3 is 2.23 bits per heavy atom. The minimum absolute atomic E-state index is 0.377. The summed E-state index contributed by atoms with van der Waals surface area (Å²) in [6, 6.07) is 9.90. The van der Waals surface area contributed by atoms with Crippen molar-refractivity contribution in [2.75, 3.05) is 32.1 Å². The number of anilines is 1. The van der Waals surface area contributed by atoms with Crippen LogP contribution < -0.4 is 4.90 Å². The van der Waals surface area contributed by atoms with Gasteiger partial charge in [0.1, 0.15) is 0 Å². The second kappa shape index (κ2) is 6.59. The van der Waals surface area contributed by atoms with Gasteiger partial charge in [0, 0.05) is 38.9 Å². The van der Waals surface area contributed by atoms with Crippen molar-refractivity contribution in [2.24, 2.45) is 0 Å². The molecule has 0 amide bonds. The maximum Gasteiger partial charge on any atom is 0.0678 e. The van der Waals surface area contributed by atoms with Gasteiger partial charge in [-0.05, 0) is 56.7 Å². The third-order valence-corrected chi connectivity index (χ3v) is 5.25. The predicted molar refractivity (Wildman–Crippen MR) is 92.7 cm³/mol. The van der Waals surface area contributed by atoms with E-state index in [1.807, 2.05) is 0 Å². The number of morpholine rings is 1. The first-order valence-corrected chi connectivity index (χ1v) is 8.69. The lowest BCUT2D eigenvalue weighted by Gasteiger charge is -2.39. The van der Waals surface area contributed by atoms with Gasteiger partial charge < -0.3 is 9.64 Å². The van der Waals surface area contributed by atoms with E-state index in [-0.39, 0.29) is 0 Å². The molecule has 1 heterocycles. The van der Waals surface area contributed by atoms with Crippen LogP contribution in [0, 0.1) is 0 Å². The topological polar surface area (TPSA) is 15.7 Å². The first kappa shape index (κ1) is 15.8. The van der Waals surface area contributed by atoms with Gasteiger partial charge in [-0.1, -0.05) is 12.1 Å². The van der Waals surface area contributed by atoms with Crippen LogP contribution in [-0.2, 0) is 4.74 Å². The Bertz CT molecular complexity index is 475. The molecule has 3 rings (SSSR count). The Balaban J connectivity index is 1.62. The molecule has 122 valence electrons. The number of ether oxygens (including phenoxy) is 1. The first-order chi connectivity index (χ1) is 10.5. The van der Waals surface area contributed by atoms with E-state index in [0.29, 0.717) is 12.2 Å². The average molecular weight is 302 g/mol. The number of benzene rings is 1. The van der Waals surface area contributed by atoms with Crippen LogP contribution >= 0.6 is 0 Å². The molecule has 0 bridgehead atoms. The number of nitrogens with zero attached hydrogens (tertiary/aromatic N) is 2. The van der Waals surface area contributed by atoms with Crippen LogP contribution in [0.2, 0.25) is 0 Å². The molecule has 1 aromatic carbocycles. The van der Waals surface area contributed by atoms with Gasteiger partial charge in [-0.2, -0.15) is 0 Å². The summed E-state index contributed by atoms with van der Waals surface area (Å²) in [7, 11) is 4.20. The second-order valence-corrected chi connectivity index (χ2v) is 7.36.